The van der Waals surface area contributed by atoms with Gasteiger partial charge < -0.3 is 14.8 Å². The molecule has 1 aromatic carbocycles. The highest BCUT2D eigenvalue weighted by molar-refractivity contribution is 7.80. The summed E-state index contributed by atoms with van der Waals surface area (Å²) < 4.78 is 2.23. The molecule has 148 valence electrons. The van der Waals surface area contributed by atoms with Crippen molar-refractivity contribution >= 4 is 17.3 Å². The van der Waals surface area contributed by atoms with Crippen LogP contribution < -0.4 is 5.32 Å². The number of pyridine rings is 2. The van der Waals surface area contributed by atoms with E-state index < -0.39 is 0 Å². The smallest absolute Gasteiger partial charge is 0.170 e. The molecule has 1 aliphatic heterocycles. The molecule has 1 aliphatic rings. The number of aromatic nitrogens is 3. The summed E-state index contributed by atoms with van der Waals surface area (Å²) in [5.74, 6) is 0. The molecule has 5 rings (SSSR count). The molecule has 4 heterocycles. The third-order valence-electron chi connectivity index (χ3n) is 5.42. The number of nitrogens with zero attached hydrogens (tertiary/aromatic N) is 4. The largest absolute Gasteiger partial charge is 0.352 e. The SMILES string of the molecule is S=C1NC(c2ccccn2)C(c2cccn2-c2ccccc2)N1Cc1ccncc1. The molecule has 0 spiro atoms. The molecule has 0 bridgehead atoms. The molecule has 2 atom stereocenters. The summed E-state index contributed by atoms with van der Waals surface area (Å²) in [6, 6.07) is 24.7. The second-order valence-electron chi connectivity index (χ2n) is 7.25. The van der Waals surface area contributed by atoms with Crippen molar-refractivity contribution in [3.63, 3.8) is 0 Å². The van der Waals surface area contributed by atoms with Crippen LogP contribution in [0.15, 0.2) is 97.6 Å². The predicted octanol–water partition coefficient (Wildman–Crippen LogP) is 4.44. The van der Waals surface area contributed by atoms with Gasteiger partial charge in [-0.25, -0.2) is 0 Å². The molecule has 0 aliphatic carbocycles. The maximum atomic E-state index is 5.79. The fraction of sp³-hybridized carbons (Fsp3) is 0.125. The average Bonchev–Trinajstić information content (AvgIpc) is 3.40. The van der Waals surface area contributed by atoms with Crippen molar-refractivity contribution in [3.05, 3.63) is 115 Å². The Morgan fingerprint density at radius 3 is 2.43 bits per heavy atom. The summed E-state index contributed by atoms with van der Waals surface area (Å²) in [7, 11) is 0. The van der Waals surface area contributed by atoms with Gasteiger partial charge in [0.15, 0.2) is 5.11 Å². The molecule has 0 saturated carbocycles. The Hall–Kier alpha value is -3.51. The first kappa shape index (κ1) is 18.5. The molecule has 2 unspecified atom stereocenters. The zero-order valence-electron chi connectivity index (χ0n) is 16.3. The summed E-state index contributed by atoms with van der Waals surface area (Å²) in [6.45, 7) is 0.697. The number of hydrogen-bond donors (Lipinski definition) is 1. The van der Waals surface area contributed by atoms with Crippen LogP contribution in [0.25, 0.3) is 5.69 Å². The molecule has 5 nitrogen and oxygen atoms in total. The molecule has 30 heavy (non-hydrogen) atoms. The van der Waals surface area contributed by atoms with Crippen LogP contribution >= 0.6 is 12.2 Å². The third kappa shape index (κ3) is 3.46. The minimum atomic E-state index is -0.0436. The van der Waals surface area contributed by atoms with E-state index in [2.05, 4.69) is 73.4 Å². The highest BCUT2D eigenvalue weighted by Gasteiger charge is 2.41. The van der Waals surface area contributed by atoms with Crippen molar-refractivity contribution in [2.24, 2.45) is 0 Å². The average molecular weight is 412 g/mol. The summed E-state index contributed by atoms with van der Waals surface area (Å²) in [5, 5.41) is 4.25. The monoisotopic (exact) mass is 411 g/mol. The van der Waals surface area contributed by atoms with Crippen LogP contribution in [0.4, 0.5) is 0 Å². The molecule has 4 aromatic rings. The van der Waals surface area contributed by atoms with Crippen molar-refractivity contribution in [2.45, 2.75) is 18.6 Å². The normalized spacial score (nSPS) is 18.4. The van der Waals surface area contributed by atoms with E-state index >= 15 is 0 Å². The Bertz CT molecular complexity index is 1130. The highest BCUT2D eigenvalue weighted by atomic mass is 32.1. The van der Waals surface area contributed by atoms with Gasteiger partial charge in [-0.15, -0.1) is 0 Å². The van der Waals surface area contributed by atoms with Crippen LogP contribution in [0.2, 0.25) is 0 Å². The van der Waals surface area contributed by atoms with Crippen molar-refractivity contribution in [1.82, 2.24) is 24.8 Å². The van der Waals surface area contributed by atoms with E-state index in [1.165, 1.54) is 11.3 Å². The Morgan fingerprint density at radius 1 is 0.867 bits per heavy atom. The van der Waals surface area contributed by atoms with Gasteiger partial charge in [-0.2, -0.15) is 0 Å². The third-order valence-corrected chi connectivity index (χ3v) is 5.77. The maximum Gasteiger partial charge on any atom is 0.170 e. The van der Waals surface area contributed by atoms with Crippen LogP contribution in [0.3, 0.4) is 0 Å². The Morgan fingerprint density at radius 2 is 1.67 bits per heavy atom. The Balaban J connectivity index is 1.60. The van der Waals surface area contributed by atoms with E-state index in [-0.39, 0.29) is 12.1 Å². The minimum Gasteiger partial charge on any atom is -0.352 e. The fourth-order valence-corrected chi connectivity index (χ4v) is 4.35. The quantitative estimate of drug-likeness (QED) is 0.492. The number of thiocarbonyl (C=S) groups is 1. The number of hydrogen-bond acceptors (Lipinski definition) is 3. The number of para-hydroxylation sites is 1. The standard InChI is InChI=1S/C24H21N5S/c30-24-27-22(20-9-4-5-13-26-20)23(29(24)17-18-11-14-25-15-12-18)21-10-6-16-28(21)19-7-2-1-3-8-19/h1-16,22-23H,17H2,(H,27,30). The van der Waals surface area contributed by atoms with E-state index in [0.717, 1.165) is 16.5 Å². The number of nitrogens with one attached hydrogen (secondary N) is 1. The first-order valence-corrected chi connectivity index (χ1v) is 10.3. The zero-order chi connectivity index (χ0) is 20.3. The van der Waals surface area contributed by atoms with Crippen LogP contribution in [0.5, 0.6) is 0 Å². The molecular formula is C24H21N5S. The zero-order valence-corrected chi connectivity index (χ0v) is 17.1. The van der Waals surface area contributed by atoms with E-state index in [1.54, 1.807) is 0 Å². The summed E-state index contributed by atoms with van der Waals surface area (Å²) in [6.07, 6.45) is 7.57. The van der Waals surface area contributed by atoms with E-state index in [4.69, 9.17) is 12.2 Å². The molecule has 0 radical (unpaired) electrons. The van der Waals surface area contributed by atoms with Gasteiger partial charge in [-0.1, -0.05) is 24.3 Å². The van der Waals surface area contributed by atoms with Crippen molar-refractivity contribution in [3.8, 4) is 5.69 Å². The first-order valence-electron chi connectivity index (χ1n) is 9.91. The van der Waals surface area contributed by atoms with Crippen molar-refractivity contribution < 1.29 is 0 Å². The topological polar surface area (TPSA) is 46.0 Å². The summed E-state index contributed by atoms with van der Waals surface area (Å²) in [4.78, 5) is 11.0. The van der Waals surface area contributed by atoms with Gasteiger partial charge in [0.25, 0.3) is 0 Å². The summed E-state index contributed by atoms with van der Waals surface area (Å²) in [5.41, 5.74) is 4.43. The lowest BCUT2D eigenvalue weighted by molar-refractivity contribution is 0.302. The van der Waals surface area contributed by atoms with Gasteiger partial charge in [-0.3, -0.25) is 9.97 Å². The fourth-order valence-electron chi connectivity index (χ4n) is 4.04. The van der Waals surface area contributed by atoms with Gasteiger partial charge in [0.05, 0.1) is 17.8 Å². The first-order chi connectivity index (χ1) is 14.8. The molecular weight excluding hydrogens is 390 g/mol. The van der Waals surface area contributed by atoms with Crippen LogP contribution in [0.1, 0.15) is 29.0 Å². The Labute approximate surface area is 181 Å². The molecule has 3 aromatic heterocycles. The van der Waals surface area contributed by atoms with Crippen molar-refractivity contribution in [2.75, 3.05) is 0 Å². The van der Waals surface area contributed by atoms with E-state index in [9.17, 15) is 0 Å². The number of benzene rings is 1. The predicted molar refractivity (Wildman–Crippen MR) is 121 cm³/mol. The van der Waals surface area contributed by atoms with Gasteiger partial charge in [-0.05, 0) is 66.3 Å². The lowest BCUT2D eigenvalue weighted by Gasteiger charge is -2.29. The van der Waals surface area contributed by atoms with Crippen LogP contribution in [-0.2, 0) is 6.54 Å². The minimum absolute atomic E-state index is 0.00392. The van der Waals surface area contributed by atoms with Crippen LogP contribution in [0, 0.1) is 0 Å². The van der Waals surface area contributed by atoms with Gasteiger partial charge in [0.2, 0.25) is 0 Å². The second kappa shape index (κ2) is 8.08. The molecule has 6 heteroatoms. The lowest BCUT2D eigenvalue weighted by Crippen LogP contribution is -2.30. The van der Waals surface area contributed by atoms with Gasteiger partial charge in [0, 0.05) is 42.7 Å². The molecule has 1 saturated heterocycles. The Kier molecular flexibility index (Phi) is 4.99. The van der Waals surface area contributed by atoms with Gasteiger partial charge in [0.1, 0.15) is 0 Å². The molecule has 0 amide bonds. The second-order valence-corrected chi connectivity index (χ2v) is 7.64. The molecule has 1 fully saturated rings. The lowest BCUT2D eigenvalue weighted by atomic mass is 10.0. The summed E-state index contributed by atoms with van der Waals surface area (Å²) >= 11 is 5.79. The molecule has 1 N–H and O–H groups in total. The number of rotatable bonds is 5. The van der Waals surface area contributed by atoms with Crippen molar-refractivity contribution in [1.29, 1.82) is 0 Å². The van der Waals surface area contributed by atoms with Crippen LogP contribution in [-0.4, -0.2) is 24.5 Å². The maximum absolute atomic E-state index is 5.79. The van der Waals surface area contributed by atoms with Gasteiger partial charge >= 0.3 is 0 Å². The van der Waals surface area contributed by atoms with E-state index in [0.29, 0.717) is 6.54 Å². The highest BCUT2D eigenvalue weighted by Crippen LogP contribution is 2.40. The van der Waals surface area contributed by atoms with E-state index in [1.807, 2.05) is 48.9 Å².